The minimum atomic E-state index is -0.729. The van der Waals surface area contributed by atoms with Gasteiger partial charge in [-0.3, -0.25) is 4.21 Å². The van der Waals surface area contributed by atoms with Gasteiger partial charge in [0.15, 0.2) is 0 Å². The maximum atomic E-state index is 12.5. The summed E-state index contributed by atoms with van der Waals surface area (Å²) in [7, 11) is -0.729. The molecule has 0 saturated carbocycles. The van der Waals surface area contributed by atoms with Crippen molar-refractivity contribution in [2.75, 3.05) is 12.3 Å². The second-order valence-electron chi connectivity index (χ2n) is 5.42. The third kappa shape index (κ3) is 3.09. The fourth-order valence-corrected chi connectivity index (χ4v) is 4.88. The smallest absolute Gasteiger partial charge is 0.0548 e. The zero-order valence-electron chi connectivity index (χ0n) is 12.2. The Bertz CT molecular complexity index is 446. The summed E-state index contributed by atoms with van der Waals surface area (Å²) in [6.45, 7) is 7.42. The van der Waals surface area contributed by atoms with E-state index in [1.54, 1.807) is 0 Å². The standard InChI is InChI=1S/C16H25NOS/c1-4-10-19(18)15-11-12(3)13-8-6-7-9-14(13)16(15)17-5-2/h6-9,12,15-17H,4-5,10-11H2,1-3H3. The number of benzene rings is 1. The third-order valence-corrected chi connectivity index (χ3v) is 5.94. The highest BCUT2D eigenvalue weighted by Crippen LogP contribution is 2.39. The summed E-state index contributed by atoms with van der Waals surface area (Å²) in [6, 6.07) is 8.89. The molecule has 0 amide bonds. The van der Waals surface area contributed by atoms with Crippen molar-refractivity contribution in [1.82, 2.24) is 5.32 Å². The van der Waals surface area contributed by atoms with Crippen molar-refractivity contribution < 1.29 is 4.21 Å². The van der Waals surface area contributed by atoms with Crippen molar-refractivity contribution in [1.29, 1.82) is 0 Å². The van der Waals surface area contributed by atoms with Crippen molar-refractivity contribution in [2.45, 2.75) is 50.8 Å². The largest absolute Gasteiger partial charge is 0.309 e. The van der Waals surface area contributed by atoms with Crippen LogP contribution < -0.4 is 5.32 Å². The fraction of sp³-hybridized carbons (Fsp3) is 0.625. The van der Waals surface area contributed by atoms with Crippen LogP contribution in [0, 0.1) is 0 Å². The minimum absolute atomic E-state index is 0.254. The van der Waals surface area contributed by atoms with Crippen LogP contribution in [0.5, 0.6) is 0 Å². The SMILES string of the molecule is CCCS(=O)C1CC(C)c2ccccc2C1NCC. The molecule has 0 bridgehead atoms. The van der Waals surface area contributed by atoms with Gasteiger partial charge in [0.25, 0.3) is 0 Å². The molecule has 19 heavy (non-hydrogen) atoms. The predicted molar refractivity (Wildman–Crippen MR) is 83.0 cm³/mol. The van der Waals surface area contributed by atoms with Crippen LogP contribution in [0.2, 0.25) is 0 Å². The molecular weight excluding hydrogens is 254 g/mol. The summed E-state index contributed by atoms with van der Waals surface area (Å²) >= 11 is 0. The van der Waals surface area contributed by atoms with Crippen molar-refractivity contribution in [2.24, 2.45) is 0 Å². The third-order valence-electron chi connectivity index (χ3n) is 3.99. The molecule has 0 saturated heterocycles. The lowest BCUT2D eigenvalue weighted by Crippen LogP contribution is -2.40. The van der Waals surface area contributed by atoms with Gasteiger partial charge < -0.3 is 5.32 Å². The monoisotopic (exact) mass is 279 g/mol. The van der Waals surface area contributed by atoms with Gasteiger partial charge in [0, 0.05) is 22.6 Å². The maximum absolute atomic E-state index is 12.5. The van der Waals surface area contributed by atoms with Gasteiger partial charge >= 0.3 is 0 Å². The van der Waals surface area contributed by atoms with Gasteiger partial charge in [0.05, 0.1) is 5.25 Å². The normalized spacial score (nSPS) is 27.8. The average molecular weight is 279 g/mol. The zero-order chi connectivity index (χ0) is 13.8. The molecule has 0 aliphatic heterocycles. The van der Waals surface area contributed by atoms with E-state index in [0.717, 1.165) is 25.1 Å². The topological polar surface area (TPSA) is 29.1 Å². The molecule has 4 unspecified atom stereocenters. The van der Waals surface area contributed by atoms with Gasteiger partial charge in [-0.25, -0.2) is 0 Å². The van der Waals surface area contributed by atoms with Crippen molar-refractivity contribution in [3.05, 3.63) is 35.4 Å². The molecule has 2 nitrogen and oxygen atoms in total. The summed E-state index contributed by atoms with van der Waals surface area (Å²) < 4.78 is 12.5. The Morgan fingerprint density at radius 2 is 1.95 bits per heavy atom. The molecule has 1 N–H and O–H groups in total. The molecule has 0 heterocycles. The lowest BCUT2D eigenvalue weighted by molar-refractivity contribution is 0.445. The van der Waals surface area contributed by atoms with Crippen LogP contribution in [0.25, 0.3) is 0 Å². The van der Waals surface area contributed by atoms with E-state index in [4.69, 9.17) is 0 Å². The summed E-state index contributed by atoms with van der Waals surface area (Å²) in [4.78, 5) is 0. The number of rotatable bonds is 5. The molecule has 4 atom stereocenters. The van der Waals surface area contributed by atoms with Gasteiger partial charge in [-0.2, -0.15) is 0 Å². The van der Waals surface area contributed by atoms with E-state index >= 15 is 0 Å². The minimum Gasteiger partial charge on any atom is -0.309 e. The molecule has 2 rings (SSSR count). The van der Waals surface area contributed by atoms with Crippen LogP contribution >= 0.6 is 0 Å². The van der Waals surface area contributed by atoms with E-state index in [9.17, 15) is 4.21 Å². The Morgan fingerprint density at radius 1 is 1.26 bits per heavy atom. The van der Waals surface area contributed by atoms with Crippen molar-refractivity contribution in [3.63, 3.8) is 0 Å². The van der Waals surface area contributed by atoms with Gasteiger partial charge in [-0.05, 0) is 36.4 Å². The van der Waals surface area contributed by atoms with E-state index in [1.807, 2.05) is 0 Å². The first kappa shape index (κ1) is 14.7. The van der Waals surface area contributed by atoms with E-state index in [1.165, 1.54) is 11.1 Å². The summed E-state index contributed by atoms with van der Waals surface area (Å²) in [6.07, 6.45) is 2.03. The Labute approximate surface area is 119 Å². The molecule has 1 aromatic carbocycles. The van der Waals surface area contributed by atoms with Crippen LogP contribution in [0.15, 0.2) is 24.3 Å². The Hall–Kier alpha value is -0.670. The van der Waals surface area contributed by atoms with E-state index in [2.05, 4.69) is 50.4 Å². The van der Waals surface area contributed by atoms with Crippen LogP contribution in [-0.2, 0) is 10.8 Å². The van der Waals surface area contributed by atoms with Gasteiger partial charge in [0.1, 0.15) is 0 Å². The van der Waals surface area contributed by atoms with Crippen molar-refractivity contribution >= 4 is 10.8 Å². The molecular formula is C16H25NOS. The molecule has 106 valence electrons. The first-order valence-corrected chi connectivity index (χ1v) is 8.76. The highest BCUT2D eigenvalue weighted by atomic mass is 32.2. The average Bonchev–Trinajstić information content (AvgIpc) is 2.42. The molecule has 3 heteroatoms. The van der Waals surface area contributed by atoms with Crippen LogP contribution in [0.1, 0.15) is 56.7 Å². The van der Waals surface area contributed by atoms with E-state index in [-0.39, 0.29) is 11.3 Å². The zero-order valence-corrected chi connectivity index (χ0v) is 13.0. The van der Waals surface area contributed by atoms with Crippen LogP contribution in [0.3, 0.4) is 0 Å². The van der Waals surface area contributed by atoms with Gasteiger partial charge in [-0.1, -0.05) is 45.0 Å². The lowest BCUT2D eigenvalue weighted by Gasteiger charge is -2.37. The number of hydrogen-bond donors (Lipinski definition) is 1. The second kappa shape index (κ2) is 6.67. The Morgan fingerprint density at radius 3 is 2.58 bits per heavy atom. The van der Waals surface area contributed by atoms with Gasteiger partial charge in [-0.15, -0.1) is 0 Å². The predicted octanol–water partition coefficient (Wildman–Crippen LogP) is 3.37. The number of fused-ring (bicyclic) bond motifs is 1. The first-order chi connectivity index (χ1) is 9.19. The van der Waals surface area contributed by atoms with Crippen molar-refractivity contribution in [3.8, 4) is 0 Å². The maximum Gasteiger partial charge on any atom is 0.0548 e. The first-order valence-electron chi connectivity index (χ1n) is 7.38. The Kier molecular flexibility index (Phi) is 5.17. The molecule has 1 aromatic rings. The quantitative estimate of drug-likeness (QED) is 0.895. The number of hydrogen-bond acceptors (Lipinski definition) is 2. The molecule has 1 aliphatic carbocycles. The summed E-state index contributed by atoms with van der Waals surface area (Å²) in [5.41, 5.74) is 2.79. The molecule has 0 spiro atoms. The number of nitrogens with one attached hydrogen (secondary N) is 1. The van der Waals surface area contributed by atoms with E-state index < -0.39 is 10.8 Å². The summed E-state index contributed by atoms with van der Waals surface area (Å²) in [5.74, 6) is 1.33. The molecule has 0 radical (unpaired) electrons. The molecule has 0 fully saturated rings. The van der Waals surface area contributed by atoms with Crippen LogP contribution in [-0.4, -0.2) is 21.8 Å². The second-order valence-corrected chi connectivity index (χ2v) is 7.20. The molecule has 0 aromatic heterocycles. The van der Waals surface area contributed by atoms with Crippen LogP contribution in [0.4, 0.5) is 0 Å². The summed E-state index contributed by atoms with van der Waals surface area (Å²) in [5, 5.41) is 3.81. The van der Waals surface area contributed by atoms with Gasteiger partial charge in [0.2, 0.25) is 0 Å². The molecule has 1 aliphatic rings. The Balaban J connectivity index is 2.34. The lowest BCUT2D eigenvalue weighted by atomic mass is 9.80. The fourth-order valence-electron chi connectivity index (χ4n) is 3.13. The highest BCUT2D eigenvalue weighted by molar-refractivity contribution is 7.85. The highest BCUT2D eigenvalue weighted by Gasteiger charge is 2.35. The van der Waals surface area contributed by atoms with E-state index in [0.29, 0.717) is 5.92 Å².